The van der Waals surface area contributed by atoms with E-state index in [0.717, 1.165) is 11.3 Å². The van der Waals surface area contributed by atoms with Crippen LogP contribution in [0.2, 0.25) is 10.0 Å². The summed E-state index contributed by atoms with van der Waals surface area (Å²) in [7, 11) is 0. The highest BCUT2D eigenvalue weighted by atomic mass is 35.5. The van der Waals surface area contributed by atoms with Gasteiger partial charge in [-0.25, -0.2) is 0 Å². The van der Waals surface area contributed by atoms with Crippen LogP contribution in [-0.2, 0) is 6.54 Å². The largest absolute Gasteiger partial charge is 0.493 e. The van der Waals surface area contributed by atoms with Crippen molar-refractivity contribution >= 4 is 39.8 Å². The number of nitroso groups, excluding NO2 is 1. The molecule has 0 atom stereocenters. The maximum Gasteiger partial charge on any atom is 0.222 e. The van der Waals surface area contributed by atoms with Gasteiger partial charge in [-0.15, -0.1) is 4.91 Å². The number of aryl methyl sites for hydroxylation is 2. The molecule has 3 aromatic rings. The number of halogens is 2. The number of aromatic nitrogens is 1. The van der Waals surface area contributed by atoms with Gasteiger partial charge in [0.25, 0.3) is 0 Å². The van der Waals surface area contributed by atoms with Crippen molar-refractivity contribution in [2.45, 2.75) is 19.9 Å². The number of fused-ring (bicyclic) bond motifs is 1. The molecule has 0 saturated heterocycles. The Kier molecular flexibility index (Phi) is 5.16. The molecule has 1 heterocycles. The summed E-state index contributed by atoms with van der Waals surface area (Å²) < 4.78 is 7.32. The van der Waals surface area contributed by atoms with Crippen LogP contribution in [0, 0.1) is 11.8 Å². The van der Waals surface area contributed by atoms with Crippen LogP contribution >= 0.6 is 23.2 Å². The van der Waals surface area contributed by atoms with E-state index >= 15 is 0 Å². The number of hydrogen-bond donors (Lipinski definition) is 1. The SMILES string of the molecule is Cc1ccccc1OCCCn1c(O)c(N=O)c2cc(Cl)cc(Cl)c21. The Bertz CT molecular complexity index is 938. The Labute approximate surface area is 154 Å². The van der Waals surface area contributed by atoms with E-state index < -0.39 is 0 Å². The van der Waals surface area contributed by atoms with Gasteiger partial charge in [-0.05, 0) is 42.3 Å². The van der Waals surface area contributed by atoms with Crippen LogP contribution in [0.3, 0.4) is 0 Å². The summed E-state index contributed by atoms with van der Waals surface area (Å²) in [6.45, 7) is 2.86. The fourth-order valence-corrected chi connectivity index (χ4v) is 3.40. The molecule has 0 radical (unpaired) electrons. The molecule has 0 aliphatic rings. The lowest BCUT2D eigenvalue weighted by Crippen LogP contribution is -2.05. The molecule has 2 aromatic carbocycles. The molecule has 0 bridgehead atoms. The summed E-state index contributed by atoms with van der Waals surface area (Å²) in [5.41, 5.74) is 1.54. The average Bonchev–Trinajstić information content (AvgIpc) is 2.84. The topological polar surface area (TPSA) is 63.8 Å². The molecular formula is C18H16Cl2N2O3. The summed E-state index contributed by atoms with van der Waals surface area (Å²) in [6, 6.07) is 10.9. The minimum atomic E-state index is -0.218. The first-order valence-electron chi connectivity index (χ1n) is 7.75. The van der Waals surface area contributed by atoms with Crippen molar-refractivity contribution in [3.8, 4) is 11.6 Å². The maximum absolute atomic E-state index is 11.1. The zero-order valence-corrected chi connectivity index (χ0v) is 15.0. The molecule has 5 nitrogen and oxygen atoms in total. The summed E-state index contributed by atoms with van der Waals surface area (Å²) in [5, 5.41) is 14.4. The number of benzene rings is 2. The smallest absolute Gasteiger partial charge is 0.222 e. The van der Waals surface area contributed by atoms with Gasteiger partial charge in [-0.3, -0.25) is 0 Å². The second-order valence-corrected chi connectivity index (χ2v) is 6.51. The van der Waals surface area contributed by atoms with E-state index in [2.05, 4.69) is 5.18 Å². The molecule has 25 heavy (non-hydrogen) atoms. The fraction of sp³-hybridized carbons (Fsp3) is 0.222. The Morgan fingerprint density at radius 1 is 1.24 bits per heavy atom. The number of rotatable bonds is 6. The maximum atomic E-state index is 11.1. The predicted octanol–water partition coefficient (Wildman–Crippen LogP) is 5.83. The van der Waals surface area contributed by atoms with Crippen LogP contribution in [0.25, 0.3) is 10.9 Å². The minimum Gasteiger partial charge on any atom is -0.493 e. The molecule has 1 N–H and O–H groups in total. The molecule has 0 fully saturated rings. The first-order valence-corrected chi connectivity index (χ1v) is 8.50. The Hall–Kier alpha value is -2.24. The fourth-order valence-electron chi connectivity index (χ4n) is 2.81. The van der Waals surface area contributed by atoms with Gasteiger partial charge in [0.1, 0.15) is 5.75 Å². The first-order chi connectivity index (χ1) is 12.0. The van der Waals surface area contributed by atoms with Gasteiger partial charge in [-0.2, -0.15) is 0 Å². The van der Waals surface area contributed by atoms with E-state index in [0.29, 0.717) is 40.5 Å². The van der Waals surface area contributed by atoms with Gasteiger partial charge in [0.05, 0.1) is 17.1 Å². The average molecular weight is 379 g/mol. The second kappa shape index (κ2) is 7.33. The first kappa shape index (κ1) is 17.6. The highest BCUT2D eigenvalue weighted by Gasteiger charge is 2.20. The van der Waals surface area contributed by atoms with Crippen molar-refractivity contribution in [3.63, 3.8) is 0 Å². The summed E-state index contributed by atoms with van der Waals surface area (Å²) in [6.07, 6.45) is 0.614. The lowest BCUT2D eigenvalue weighted by atomic mass is 10.2. The van der Waals surface area contributed by atoms with Gasteiger partial charge in [0.2, 0.25) is 5.88 Å². The highest BCUT2D eigenvalue weighted by Crippen LogP contribution is 2.42. The van der Waals surface area contributed by atoms with Crippen molar-refractivity contribution in [1.82, 2.24) is 4.57 Å². The third kappa shape index (κ3) is 3.43. The van der Waals surface area contributed by atoms with Gasteiger partial charge in [0.15, 0.2) is 5.69 Å². The molecule has 0 amide bonds. The van der Waals surface area contributed by atoms with Gasteiger partial charge < -0.3 is 14.4 Å². The molecule has 130 valence electrons. The second-order valence-electron chi connectivity index (χ2n) is 5.67. The molecule has 7 heteroatoms. The van der Waals surface area contributed by atoms with Crippen LogP contribution in [-0.4, -0.2) is 16.3 Å². The predicted molar refractivity (Wildman–Crippen MR) is 100 cm³/mol. The molecular weight excluding hydrogens is 363 g/mol. The van der Waals surface area contributed by atoms with Crippen LogP contribution in [0.15, 0.2) is 41.6 Å². The van der Waals surface area contributed by atoms with E-state index in [-0.39, 0.29) is 11.6 Å². The summed E-state index contributed by atoms with van der Waals surface area (Å²) in [5.74, 6) is 0.606. The van der Waals surface area contributed by atoms with E-state index in [1.54, 1.807) is 16.7 Å². The van der Waals surface area contributed by atoms with Crippen LogP contribution in [0.4, 0.5) is 5.69 Å². The van der Waals surface area contributed by atoms with Crippen LogP contribution in [0.1, 0.15) is 12.0 Å². The van der Waals surface area contributed by atoms with E-state index in [1.807, 2.05) is 31.2 Å². The Morgan fingerprint density at radius 3 is 2.72 bits per heavy atom. The molecule has 0 saturated carbocycles. The van der Waals surface area contributed by atoms with E-state index in [4.69, 9.17) is 27.9 Å². The van der Waals surface area contributed by atoms with Gasteiger partial charge in [0, 0.05) is 17.0 Å². The summed E-state index contributed by atoms with van der Waals surface area (Å²) >= 11 is 12.2. The number of hydrogen-bond acceptors (Lipinski definition) is 4. The molecule has 0 aliphatic heterocycles. The molecule has 3 rings (SSSR count). The van der Waals surface area contributed by atoms with E-state index in [1.165, 1.54) is 0 Å². The molecule has 1 aromatic heterocycles. The number of aromatic hydroxyl groups is 1. The van der Waals surface area contributed by atoms with Crippen molar-refractivity contribution in [2.75, 3.05) is 6.61 Å². The minimum absolute atomic E-state index is 0.0563. The zero-order valence-electron chi connectivity index (χ0n) is 13.5. The number of para-hydroxylation sites is 1. The summed E-state index contributed by atoms with van der Waals surface area (Å²) in [4.78, 5) is 11.1. The van der Waals surface area contributed by atoms with Crippen LogP contribution in [0.5, 0.6) is 11.6 Å². The van der Waals surface area contributed by atoms with Crippen molar-refractivity contribution in [3.05, 3.63) is 56.9 Å². The molecule has 0 aliphatic carbocycles. The normalized spacial score (nSPS) is 11.0. The van der Waals surface area contributed by atoms with Crippen LogP contribution < -0.4 is 4.74 Å². The standard InChI is InChI=1S/C18H16Cl2N2O3/c1-11-5-2-3-6-15(11)25-8-4-7-22-17-13(16(21-24)18(22)23)9-12(19)10-14(17)20/h2-3,5-6,9-10,23H,4,7-8H2,1H3. The Morgan fingerprint density at radius 2 is 2.00 bits per heavy atom. The van der Waals surface area contributed by atoms with Crippen molar-refractivity contribution in [1.29, 1.82) is 0 Å². The molecule has 0 spiro atoms. The monoisotopic (exact) mass is 378 g/mol. The zero-order chi connectivity index (χ0) is 18.0. The quantitative estimate of drug-likeness (QED) is 0.433. The molecule has 0 unspecified atom stereocenters. The third-order valence-corrected chi connectivity index (χ3v) is 4.50. The van der Waals surface area contributed by atoms with Crippen molar-refractivity contribution < 1.29 is 9.84 Å². The lowest BCUT2D eigenvalue weighted by Gasteiger charge is -2.11. The van der Waals surface area contributed by atoms with E-state index in [9.17, 15) is 10.0 Å². The Balaban J connectivity index is 1.81. The number of ether oxygens (including phenoxy) is 1. The third-order valence-electron chi connectivity index (χ3n) is 3.99. The van der Waals surface area contributed by atoms with Gasteiger partial charge in [-0.1, -0.05) is 41.4 Å². The lowest BCUT2D eigenvalue weighted by molar-refractivity contribution is 0.296. The highest BCUT2D eigenvalue weighted by molar-refractivity contribution is 6.39. The van der Waals surface area contributed by atoms with Crippen molar-refractivity contribution in [2.24, 2.45) is 5.18 Å². The number of nitrogens with zero attached hydrogens (tertiary/aromatic N) is 2. The van der Waals surface area contributed by atoms with Gasteiger partial charge >= 0.3 is 0 Å².